The Balaban J connectivity index is 1.39. The van der Waals surface area contributed by atoms with Crippen molar-refractivity contribution in [3.05, 3.63) is 18.6 Å². The van der Waals surface area contributed by atoms with E-state index in [9.17, 15) is 13.2 Å². The first kappa shape index (κ1) is 17.0. The Bertz CT molecular complexity index is 735. The summed E-state index contributed by atoms with van der Waals surface area (Å²) in [7, 11) is 2.05. The SMILES string of the molecule is CN(c1ncnc2[nH]ccc12)C1CC2CN(SCC(F)(F)F)CC2C1. The predicted molar refractivity (Wildman–Crippen MR) is 92.4 cm³/mol. The molecule has 1 N–H and O–H groups in total. The van der Waals surface area contributed by atoms with Gasteiger partial charge < -0.3 is 9.88 Å². The van der Waals surface area contributed by atoms with E-state index >= 15 is 0 Å². The number of aromatic nitrogens is 3. The van der Waals surface area contributed by atoms with Gasteiger partial charge >= 0.3 is 6.18 Å². The lowest BCUT2D eigenvalue weighted by atomic mass is 10.0. The predicted octanol–water partition coefficient (Wildman–Crippen LogP) is 3.32. The van der Waals surface area contributed by atoms with Crippen LogP contribution >= 0.6 is 11.9 Å². The molecule has 25 heavy (non-hydrogen) atoms. The molecule has 0 bridgehead atoms. The average Bonchev–Trinajstić information content (AvgIpc) is 3.24. The standard InChI is InChI=1S/C16H20F3N5S/c1-23(15-13-2-3-20-14(13)21-9-22-15)12-4-10-6-24(7-11(10)5-12)25-8-16(17,18)19/h2-3,9-12H,4-8H2,1H3,(H,20,21,22). The highest BCUT2D eigenvalue weighted by molar-refractivity contribution is 7.97. The molecule has 5 nitrogen and oxygen atoms in total. The number of anilines is 1. The fraction of sp³-hybridized carbons (Fsp3) is 0.625. The highest BCUT2D eigenvalue weighted by Crippen LogP contribution is 2.43. The fourth-order valence-corrected chi connectivity index (χ4v) is 5.05. The van der Waals surface area contributed by atoms with Crippen LogP contribution in [0, 0.1) is 11.8 Å². The molecule has 0 spiro atoms. The first-order chi connectivity index (χ1) is 11.9. The number of hydrogen-bond acceptors (Lipinski definition) is 5. The van der Waals surface area contributed by atoms with Crippen molar-refractivity contribution in [1.29, 1.82) is 0 Å². The molecule has 1 aliphatic heterocycles. The van der Waals surface area contributed by atoms with E-state index in [0.717, 1.165) is 54.7 Å². The molecule has 1 aliphatic carbocycles. The van der Waals surface area contributed by atoms with Gasteiger partial charge in [0.2, 0.25) is 0 Å². The fourth-order valence-electron chi connectivity index (χ4n) is 4.12. The molecule has 0 amide bonds. The van der Waals surface area contributed by atoms with E-state index in [1.165, 1.54) is 0 Å². The molecule has 0 radical (unpaired) electrons. The number of hydrogen-bond donors (Lipinski definition) is 1. The van der Waals surface area contributed by atoms with E-state index in [0.29, 0.717) is 17.9 Å². The average molecular weight is 371 g/mol. The van der Waals surface area contributed by atoms with Gasteiger partial charge in [-0.05, 0) is 30.7 Å². The molecule has 2 aromatic heterocycles. The molecule has 2 fully saturated rings. The van der Waals surface area contributed by atoms with Gasteiger partial charge in [-0.15, -0.1) is 0 Å². The van der Waals surface area contributed by atoms with E-state index < -0.39 is 11.9 Å². The molecule has 2 unspecified atom stereocenters. The lowest BCUT2D eigenvalue weighted by molar-refractivity contribution is -0.105. The molecule has 2 aromatic rings. The van der Waals surface area contributed by atoms with Crippen LogP contribution in [-0.4, -0.2) is 57.4 Å². The van der Waals surface area contributed by atoms with Gasteiger partial charge in [0.15, 0.2) is 0 Å². The summed E-state index contributed by atoms with van der Waals surface area (Å²) in [5.74, 6) is 1.07. The topological polar surface area (TPSA) is 48.1 Å². The second kappa shape index (κ2) is 6.35. The van der Waals surface area contributed by atoms with Crippen LogP contribution in [0.15, 0.2) is 18.6 Å². The third-order valence-electron chi connectivity index (χ3n) is 5.32. The summed E-state index contributed by atoms with van der Waals surface area (Å²) in [5, 5.41) is 1.00. The zero-order valence-corrected chi connectivity index (χ0v) is 14.6. The van der Waals surface area contributed by atoms with E-state index in [4.69, 9.17) is 0 Å². The largest absolute Gasteiger partial charge is 0.399 e. The van der Waals surface area contributed by atoms with Crippen molar-refractivity contribution in [1.82, 2.24) is 19.3 Å². The van der Waals surface area contributed by atoms with Crippen LogP contribution in [0.4, 0.5) is 19.0 Å². The molecular formula is C16H20F3N5S. The van der Waals surface area contributed by atoms with Gasteiger partial charge in [0.1, 0.15) is 23.5 Å². The van der Waals surface area contributed by atoms with Crippen molar-refractivity contribution in [2.75, 3.05) is 30.8 Å². The smallest absolute Gasteiger partial charge is 0.356 e. The second-order valence-corrected chi connectivity index (χ2v) is 7.99. The Hall–Kier alpha value is -1.48. The van der Waals surface area contributed by atoms with Crippen LogP contribution < -0.4 is 4.90 Å². The normalized spacial score (nSPS) is 27.1. The van der Waals surface area contributed by atoms with Crippen molar-refractivity contribution in [2.24, 2.45) is 11.8 Å². The number of fused-ring (bicyclic) bond motifs is 2. The van der Waals surface area contributed by atoms with Crippen molar-refractivity contribution < 1.29 is 13.2 Å². The van der Waals surface area contributed by atoms with Gasteiger partial charge in [0.25, 0.3) is 0 Å². The Kier molecular flexibility index (Phi) is 4.31. The van der Waals surface area contributed by atoms with E-state index in [-0.39, 0.29) is 0 Å². The maximum Gasteiger partial charge on any atom is 0.399 e. The van der Waals surface area contributed by atoms with Gasteiger partial charge in [-0.3, -0.25) is 0 Å². The number of halogens is 3. The first-order valence-corrected chi connectivity index (χ1v) is 9.30. The van der Waals surface area contributed by atoms with E-state index in [1.54, 1.807) is 6.33 Å². The third kappa shape index (κ3) is 3.44. The quantitative estimate of drug-likeness (QED) is 0.836. The number of rotatable bonds is 4. The van der Waals surface area contributed by atoms with Crippen molar-refractivity contribution in [2.45, 2.75) is 25.1 Å². The monoisotopic (exact) mass is 371 g/mol. The number of nitrogens with one attached hydrogen (secondary N) is 1. The van der Waals surface area contributed by atoms with Gasteiger partial charge in [-0.1, -0.05) is 11.9 Å². The molecular weight excluding hydrogens is 351 g/mol. The van der Waals surface area contributed by atoms with Crippen LogP contribution in [-0.2, 0) is 0 Å². The highest BCUT2D eigenvalue weighted by Gasteiger charge is 2.43. The Morgan fingerprint density at radius 2 is 2.00 bits per heavy atom. The minimum Gasteiger partial charge on any atom is -0.356 e. The zero-order valence-electron chi connectivity index (χ0n) is 13.8. The van der Waals surface area contributed by atoms with Crippen LogP contribution in [0.1, 0.15) is 12.8 Å². The molecule has 3 heterocycles. The highest BCUT2D eigenvalue weighted by atomic mass is 32.2. The zero-order chi connectivity index (χ0) is 17.6. The first-order valence-electron chi connectivity index (χ1n) is 8.36. The van der Waals surface area contributed by atoms with Gasteiger partial charge in [0.05, 0.1) is 5.39 Å². The molecule has 2 atom stereocenters. The van der Waals surface area contributed by atoms with Gasteiger partial charge in [-0.25, -0.2) is 14.3 Å². The summed E-state index contributed by atoms with van der Waals surface area (Å²) in [6.45, 7) is 1.50. The maximum atomic E-state index is 12.4. The number of nitrogens with zero attached hydrogens (tertiary/aromatic N) is 4. The summed E-state index contributed by atoms with van der Waals surface area (Å²) in [6.07, 6.45) is 1.33. The molecule has 2 aliphatic rings. The number of alkyl halides is 3. The lowest BCUT2D eigenvalue weighted by Gasteiger charge is -2.27. The number of H-pyrrole nitrogens is 1. The Morgan fingerprint density at radius 1 is 1.28 bits per heavy atom. The van der Waals surface area contributed by atoms with E-state index in [2.05, 4.69) is 26.9 Å². The molecule has 9 heteroatoms. The Labute approximate surface area is 148 Å². The van der Waals surface area contributed by atoms with Gasteiger partial charge in [-0.2, -0.15) is 13.2 Å². The second-order valence-electron chi connectivity index (χ2n) is 6.93. The van der Waals surface area contributed by atoms with Crippen LogP contribution in [0.25, 0.3) is 11.0 Å². The summed E-state index contributed by atoms with van der Waals surface area (Å²) in [4.78, 5) is 14.0. The third-order valence-corrected chi connectivity index (χ3v) is 6.44. The van der Waals surface area contributed by atoms with E-state index in [1.807, 2.05) is 16.6 Å². The van der Waals surface area contributed by atoms with Crippen molar-refractivity contribution in [3.8, 4) is 0 Å². The summed E-state index contributed by atoms with van der Waals surface area (Å²) in [5.41, 5.74) is 0.824. The molecule has 0 aromatic carbocycles. The van der Waals surface area contributed by atoms with Crippen LogP contribution in [0.5, 0.6) is 0 Å². The Morgan fingerprint density at radius 3 is 2.68 bits per heavy atom. The molecule has 1 saturated heterocycles. The summed E-state index contributed by atoms with van der Waals surface area (Å²) < 4.78 is 39.1. The molecule has 4 rings (SSSR count). The maximum absolute atomic E-state index is 12.4. The van der Waals surface area contributed by atoms with Gasteiger partial charge in [0, 0.05) is 32.4 Å². The summed E-state index contributed by atoms with van der Waals surface area (Å²) >= 11 is 0.927. The van der Waals surface area contributed by atoms with Crippen molar-refractivity contribution in [3.63, 3.8) is 0 Å². The number of aromatic amines is 1. The van der Waals surface area contributed by atoms with Crippen molar-refractivity contribution >= 4 is 28.8 Å². The summed E-state index contributed by atoms with van der Waals surface area (Å²) in [6, 6.07) is 2.35. The molecule has 136 valence electrons. The minimum atomic E-state index is -4.10. The van der Waals surface area contributed by atoms with Crippen LogP contribution in [0.2, 0.25) is 0 Å². The molecule has 1 saturated carbocycles. The van der Waals surface area contributed by atoms with Crippen LogP contribution in [0.3, 0.4) is 0 Å². The lowest BCUT2D eigenvalue weighted by Crippen LogP contribution is -2.32. The minimum absolute atomic E-state index is 0.373.